The lowest BCUT2D eigenvalue weighted by Crippen LogP contribution is -1.74. The molecular formula is C53H90O3. The van der Waals surface area contributed by atoms with Crippen LogP contribution in [-0.2, 0) is 14.2 Å². The number of hydrogen-bond donors (Lipinski definition) is 0. The first-order valence-electron chi connectivity index (χ1n) is 21.4. The lowest BCUT2D eigenvalue weighted by molar-refractivity contribution is 0.215. The second-order valence-electron chi connectivity index (χ2n) is 8.78. The van der Waals surface area contributed by atoms with Crippen molar-refractivity contribution in [1.29, 1.82) is 0 Å². The van der Waals surface area contributed by atoms with E-state index in [0.29, 0.717) is 0 Å². The Bertz CT molecular complexity index is 1240. The average Bonchev–Trinajstić information content (AvgIpc) is 3.34. The molecule has 0 atom stereocenters. The molecule has 0 spiro atoms. The van der Waals surface area contributed by atoms with Gasteiger partial charge in [0.05, 0.1) is 0 Å². The minimum Gasteiger partial charge on any atom is -0.385 e. The van der Waals surface area contributed by atoms with Gasteiger partial charge in [0, 0.05) is 41.2 Å². The fourth-order valence-electron chi connectivity index (χ4n) is 3.40. The van der Waals surface area contributed by atoms with Crippen LogP contribution >= 0.6 is 0 Å². The van der Waals surface area contributed by atoms with Crippen molar-refractivity contribution in [2.24, 2.45) is 0 Å². The van der Waals surface area contributed by atoms with Crippen molar-refractivity contribution in [3.8, 4) is 0 Å². The topological polar surface area (TPSA) is 27.7 Å². The van der Waals surface area contributed by atoms with Crippen LogP contribution in [0, 0.1) is 0 Å². The number of ether oxygens (including phenoxy) is 3. The van der Waals surface area contributed by atoms with Gasteiger partial charge in [-0.15, -0.1) is 0 Å². The number of hydrogen-bond acceptors (Lipinski definition) is 3. The molecule has 0 heterocycles. The monoisotopic (exact) mass is 775 g/mol. The lowest BCUT2D eigenvalue weighted by Gasteiger charge is -2.00. The van der Waals surface area contributed by atoms with E-state index < -0.39 is 0 Å². The average molecular weight is 775 g/mol. The van der Waals surface area contributed by atoms with E-state index in [9.17, 15) is 0 Å². The number of benzene rings is 6. The zero-order valence-electron chi connectivity index (χ0n) is 40.2. The molecule has 6 aromatic rings. The zero-order chi connectivity index (χ0) is 44.7. The molecule has 3 nitrogen and oxygen atoms in total. The van der Waals surface area contributed by atoms with Gasteiger partial charge in [0.2, 0.25) is 0 Å². The van der Waals surface area contributed by atoms with E-state index in [0.717, 1.165) is 19.8 Å². The molecule has 3 heteroatoms. The Morgan fingerprint density at radius 1 is 0.250 bits per heavy atom. The molecule has 0 unspecified atom stereocenters. The van der Waals surface area contributed by atoms with Crippen molar-refractivity contribution < 1.29 is 14.2 Å². The van der Waals surface area contributed by atoms with Gasteiger partial charge in [0.1, 0.15) is 0 Å². The maximum absolute atomic E-state index is 4.54. The smallest absolute Gasteiger partial charge is 0.0433 e. The van der Waals surface area contributed by atoms with E-state index in [-0.39, 0.29) is 0 Å². The molecule has 0 aliphatic carbocycles. The number of rotatable bonds is 3. The third-order valence-electron chi connectivity index (χ3n) is 5.81. The van der Waals surface area contributed by atoms with Crippen LogP contribution in [0.25, 0.3) is 32.3 Å². The van der Waals surface area contributed by atoms with Gasteiger partial charge >= 0.3 is 0 Å². The van der Waals surface area contributed by atoms with E-state index in [2.05, 4.69) is 123 Å². The summed E-state index contributed by atoms with van der Waals surface area (Å²) in [5.41, 5.74) is 0. The zero-order valence-corrected chi connectivity index (χ0v) is 40.2. The van der Waals surface area contributed by atoms with E-state index in [4.69, 9.17) is 0 Å². The van der Waals surface area contributed by atoms with Gasteiger partial charge in [-0.1, -0.05) is 230 Å². The molecule has 0 saturated carbocycles. The predicted molar refractivity (Wildman–Crippen MR) is 264 cm³/mol. The fourth-order valence-corrected chi connectivity index (χ4v) is 3.40. The summed E-state index contributed by atoms with van der Waals surface area (Å²) in [4.78, 5) is 0. The molecule has 56 heavy (non-hydrogen) atoms. The van der Waals surface area contributed by atoms with Gasteiger partial charge in [-0.3, -0.25) is 0 Å². The fraction of sp³-hybridized carbons (Fsp3) is 0.434. The van der Waals surface area contributed by atoms with Crippen molar-refractivity contribution in [2.75, 3.05) is 41.2 Å². The van der Waals surface area contributed by atoms with Crippen molar-refractivity contribution in [1.82, 2.24) is 0 Å². The van der Waals surface area contributed by atoms with Crippen LogP contribution in [0.4, 0.5) is 0 Å². The molecule has 0 N–H and O–H groups in total. The molecule has 6 aromatic carbocycles. The highest BCUT2D eigenvalue weighted by molar-refractivity contribution is 5.98. The Balaban J connectivity index is -0.000000102. The summed E-state index contributed by atoms with van der Waals surface area (Å²) < 4.78 is 13.6. The second-order valence-corrected chi connectivity index (χ2v) is 8.78. The summed E-state index contributed by atoms with van der Waals surface area (Å²) in [6.45, 7) is 36.3. The SMILES string of the molecule is CC.CC.CC.CC.CC.CC.CC.CCOC.CCOC.CCOC.c1ccc2cc3ccccc3cc2c1.c1ccc2ccccc2c1.c1ccccc1. The summed E-state index contributed by atoms with van der Waals surface area (Å²) in [5.74, 6) is 0. The van der Waals surface area contributed by atoms with Gasteiger partial charge in [0.25, 0.3) is 0 Å². The molecule has 0 fully saturated rings. The standard InChI is InChI=1S/C14H10.C10H8.C6H6.3C3H8O.7C2H6/c1-2-6-12-10-14-8-4-3-7-13(14)9-11(12)5-1;1-2-6-10-8-4-3-7-9(10)5-1;1-2-4-6-5-3-1;3*1-3-4-2;7*1-2/h1-10H;1-8H;1-6H;3*3H2,1-2H3;7*1-2H3. The highest BCUT2D eigenvalue weighted by Gasteiger charge is 1.95. The highest BCUT2D eigenvalue weighted by atomic mass is 16.5. The van der Waals surface area contributed by atoms with E-state index >= 15 is 0 Å². The first-order valence-corrected chi connectivity index (χ1v) is 21.4. The first-order chi connectivity index (χ1) is 27.6. The maximum atomic E-state index is 4.54. The van der Waals surface area contributed by atoms with Gasteiger partial charge in [-0.25, -0.2) is 0 Å². The Hall–Kier alpha value is -4.02. The molecule has 320 valence electrons. The lowest BCUT2D eigenvalue weighted by atomic mass is 10.0. The predicted octanol–water partition coefficient (Wildman–Crippen LogP) is 17.7. The van der Waals surface area contributed by atoms with Crippen molar-refractivity contribution >= 4 is 32.3 Å². The van der Waals surface area contributed by atoms with Crippen LogP contribution in [0.3, 0.4) is 0 Å². The molecular weight excluding hydrogens is 685 g/mol. The summed E-state index contributed by atoms with van der Waals surface area (Å²) in [5, 5.41) is 7.87. The summed E-state index contributed by atoms with van der Waals surface area (Å²) >= 11 is 0. The van der Waals surface area contributed by atoms with E-state index in [1.165, 1.54) is 32.3 Å². The van der Waals surface area contributed by atoms with Gasteiger partial charge in [-0.05, 0) is 65.2 Å². The molecule has 0 saturated heterocycles. The van der Waals surface area contributed by atoms with Crippen LogP contribution in [0.1, 0.15) is 118 Å². The van der Waals surface area contributed by atoms with Crippen LogP contribution in [-0.4, -0.2) is 41.2 Å². The number of fused-ring (bicyclic) bond motifs is 3. The Morgan fingerprint density at radius 2 is 0.375 bits per heavy atom. The van der Waals surface area contributed by atoms with Crippen LogP contribution < -0.4 is 0 Å². The summed E-state index contributed by atoms with van der Waals surface area (Å²) in [7, 11) is 5.04. The van der Waals surface area contributed by atoms with Gasteiger partial charge in [0.15, 0.2) is 0 Å². The molecule has 6 rings (SSSR count). The Kier molecular flexibility index (Phi) is 78.5. The summed E-state index contributed by atoms with van der Waals surface area (Å²) in [6.07, 6.45) is 0. The Labute approximate surface area is 349 Å². The third kappa shape index (κ3) is 42.7. The summed E-state index contributed by atoms with van der Waals surface area (Å²) in [6, 6.07) is 50.1. The minimum absolute atomic E-state index is 0.819. The molecule has 0 amide bonds. The van der Waals surface area contributed by atoms with Crippen molar-refractivity contribution in [3.05, 3.63) is 146 Å². The van der Waals surface area contributed by atoms with E-state index in [1.807, 2.05) is 154 Å². The normalized spacial score (nSPS) is 7.71. The minimum atomic E-state index is 0.819. The number of methoxy groups -OCH3 is 3. The molecule has 0 radical (unpaired) electrons. The van der Waals surface area contributed by atoms with E-state index in [1.54, 1.807) is 21.3 Å². The largest absolute Gasteiger partial charge is 0.385 e. The third-order valence-corrected chi connectivity index (χ3v) is 5.81. The van der Waals surface area contributed by atoms with Crippen LogP contribution in [0.5, 0.6) is 0 Å². The van der Waals surface area contributed by atoms with Crippen molar-refractivity contribution in [2.45, 2.75) is 118 Å². The Morgan fingerprint density at radius 3 is 0.500 bits per heavy atom. The second kappa shape index (κ2) is 65.8. The van der Waals surface area contributed by atoms with Crippen LogP contribution in [0.2, 0.25) is 0 Å². The molecule has 0 aliphatic rings. The van der Waals surface area contributed by atoms with Crippen molar-refractivity contribution in [3.63, 3.8) is 0 Å². The molecule has 0 bridgehead atoms. The highest BCUT2D eigenvalue weighted by Crippen LogP contribution is 2.22. The quantitative estimate of drug-likeness (QED) is 0.168. The molecule has 0 aliphatic heterocycles. The first kappa shape index (κ1) is 66.8. The van der Waals surface area contributed by atoms with Crippen LogP contribution in [0.15, 0.2) is 146 Å². The maximum Gasteiger partial charge on any atom is 0.0433 e. The van der Waals surface area contributed by atoms with Gasteiger partial charge in [-0.2, -0.15) is 0 Å². The van der Waals surface area contributed by atoms with Gasteiger partial charge < -0.3 is 14.2 Å². The molecule has 0 aromatic heterocycles.